The van der Waals surface area contributed by atoms with Gasteiger partial charge in [0.2, 0.25) is 0 Å². The van der Waals surface area contributed by atoms with Crippen molar-refractivity contribution in [2.24, 2.45) is 0 Å². The minimum absolute atomic E-state index is 0.155. The lowest BCUT2D eigenvalue weighted by Crippen LogP contribution is -2.43. The number of fused-ring (bicyclic) bond motifs is 1. The third kappa shape index (κ3) is 5.86. The van der Waals surface area contributed by atoms with E-state index in [9.17, 15) is 14.4 Å². The molecule has 0 aliphatic heterocycles. The average molecular weight is 469 g/mol. The highest BCUT2D eigenvalue weighted by atomic mass is 16.6. The van der Waals surface area contributed by atoms with Gasteiger partial charge in [0.05, 0.1) is 12.8 Å². The fourth-order valence-electron chi connectivity index (χ4n) is 3.20. The number of benzene rings is 2. The fourth-order valence-corrected chi connectivity index (χ4v) is 3.20. The van der Waals surface area contributed by atoms with Crippen molar-refractivity contribution in [3.8, 4) is 11.5 Å². The van der Waals surface area contributed by atoms with E-state index < -0.39 is 29.3 Å². The number of nitrogens with one attached hydrogen (secondary N) is 1. The second kappa shape index (κ2) is 9.86. The van der Waals surface area contributed by atoms with Gasteiger partial charge in [-0.15, -0.1) is 0 Å². The highest BCUT2D eigenvalue weighted by molar-refractivity contribution is 5.92. The molecular weight excluding hydrogens is 440 g/mol. The summed E-state index contributed by atoms with van der Waals surface area (Å²) in [5, 5.41) is 3.20. The van der Waals surface area contributed by atoms with Gasteiger partial charge in [0, 0.05) is 30.3 Å². The summed E-state index contributed by atoms with van der Waals surface area (Å²) >= 11 is 0. The molecular formula is C25H28N2O7. The van der Waals surface area contributed by atoms with Crippen LogP contribution >= 0.6 is 0 Å². The summed E-state index contributed by atoms with van der Waals surface area (Å²) in [6, 6.07) is 12.6. The zero-order valence-electron chi connectivity index (χ0n) is 20.0. The summed E-state index contributed by atoms with van der Waals surface area (Å²) in [6.07, 6.45) is -0.729. The van der Waals surface area contributed by atoms with E-state index >= 15 is 0 Å². The van der Waals surface area contributed by atoms with Gasteiger partial charge in [-0.05, 0) is 52.0 Å². The molecule has 1 atom stereocenters. The maximum absolute atomic E-state index is 12.6. The number of nitrogens with zero attached hydrogens (tertiary/aromatic N) is 1. The van der Waals surface area contributed by atoms with E-state index in [2.05, 4.69) is 5.32 Å². The number of anilines is 2. The van der Waals surface area contributed by atoms with Crippen molar-refractivity contribution in [1.82, 2.24) is 5.32 Å². The van der Waals surface area contributed by atoms with Crippen LogP contribution in [-0.4, -0.2) is 37.9 Å². The van der Waals surface area contributed by atoms with E-state index in [4.69, 9.17) is 18.6 Å². The molecule has 180 valence electrons. The summed E-state index contributed by atoms with van der Waals surface area (Å²) in [4.78, 5) is 38.5. The topological polar surface area (TPSA) is 107 Å². The van der Waals surface area contributed by atoms with Gasteiger partial charge >= 0.3 is 17.7 Å². The lowest BCUT2D eigenvalue weighted by atomic mass is 10.1. The minimum atomic E-state index is -0.969. The number of carbonyl (C=O) groups excluding carboxylic acids is 2. The van der Waals surface area contributed by atoms with Crippen molar-refractivity contribution in [3.63, 3.8) is 0 Å². The third-order valence-electron chi connectivity index (χ3n) is 4.82. The van der Waals surface area contributed by atoms with E-state index in [0.717, 1.165) is 5.39 Å². The number of carbonyl (C=O) groups is 2. The van der Waals surface area contributed by atoms with E-state index in [1.807, 2.05) is 12.1 Å². The molecule has 9 heteroatoms. The summed E-state index contributed by atoms with van der Waals surface area (Å²) in [6.45, 7) is 6.66. The number of ether oxygens (including phenoxy) is 3. The van der Waals surface area contributed by atoms with Crippen LogP contribution in [0.15, 0.2) is 57.7 Å². The van der Waals surface area contributed by atoms with Crippen LogP contribution in [0.3, 0.4) is 0 Å². The van der Waals surface area contributed by atoms with E-state index in [1.54, 1.807) is 63.1 Å². The Labute approximate surface area is 197 Å². The predicted molar refractivity (Wildman–Crippen MR) is 128 cm³/mol. The monoisotopic (exact) mass is 468 g/mol. The molecule has 9 nitrogen and oxygen atoms in total. The highest BCUT2D eigenvalue weighted by Gasteiger charge is 2.24. The quantitative estimate of drug-likeness (QED) is 0.322. The maximum atomic E-state index is 12.6. The van der Waals surface area contributed by atoms with E-state index in [1.165, 1.54) is 20.1 Å². The van der Waals surface area contributed by atoms with Crippen LogP contribution in [0, 0.1) is 0 Å². The first kappa shape index (κ1) is 24.6. The third-order valence-corrected chi connectivity index (χ3v) is 4.82. The Morgan fingerprint density at radius 1 is 1.06 bits per heavy atom. The van der Waals surface area contributed by atoms with Gasteiger partial charge in [-0.25, -0.2) is 14.4 Å². The van der Waals surface area contributed by atoms with Gasteiger partial charge in [0.1, 0.15) is 17.2 Å². The second-order valence-corrected chi connectivity index (χ2v) is 8.63. The molecule has 34 heavy (non-hydrogen) atoms. The molecule has 1 aromatic heterocycles. The summed E-state index contributed by atoms with van der Waals surface area (Å²) in [5.41, 5.74) is 0.525. The van der Waals surface area contributed by atoms with Crippen molar-refractivity contribution in [2.45, 2.75) is 39.3 Å². The van der Waals surface area contributed by atoms with Crippen LogP contribution in [-0.2, 0) is 9.53 Å². The molecule has 0 aliphatic carbocycles. The van der Waals surface area contributed by atoms with Crippen LogP contribution in [0.4, 0.5) is 16.2 Å². The van der Waals surface area contributed by atoms with Crippen molar-refractivity contribution in [3.05, 3.63) is 59.0 Å². The van der Waals surface area contributed by atoms with Gasteiger partial charge < -0.3 is 28.8 Å². The van der Waals surface area contributed by atoms with Crippen LogP contribution < -0.4 is 25.3 Å². The number of esters is 1. The summed E-state index contributed by atoms with van der Waals surface area (Å²) < 4.78 is 21.3. The minimum Gasteiger partial charge on any atom is -0.493 e. The molecule has 1 heterocycles. The number of amides is 1. The molecule has 3 aromatic rings. The molecule has 0 aliphatic rings. The van der Waals surface area contributed by atoms with Crippen LogP contribution in [0.2, 0.25) is 0 Å². The smallest absolute Gasteiger partial charge is 0.408 e. The summed E-state index contributed by atoms with van der Waals surface area (Å²) in [7, 11) is 3.23. The average Bonchev–Trinajstić information content (AvgIpc) is 2.76. The van der Waals surface area contributed by atoms with Crippen molar-refractivity contribution >= 4 is 34.4 Å². The highest BCUT2D eigenvalue weighted by Crippen LogP contribution is 2.36. The van der Waals surface area contributed by atoms with Gasteiger partial charge in [-0.3, -0.25) is 0 Å². The molecule has 2 aromatic carbocycles. The fraction of sp³-hybridized carbons (Fsp3) is 0.320. The number of hydrogen-bond donors (Lipinski definition) is 1. The Hall–Kier alpha value is -4.01. The number of alkyl carbamates (subject to hydrolysis) is 1. The lowest BCUT2D eigenvalue weighted by molar-refractivity contribution is -0.136. The van der Waals surface area contributed by atoms with Gasteiger partial charge in [-0.1, -0.05) is 12.1 Å². The van der Waals surface area contributed by atoms with Gasteiger partial charge in [-0.2, -0.15) is 0 Å². The molecule has 1 N–H and O–H groups in total. The number of rotatable bonds is 6. The molecule has 0 radical (unpaired) electrons. The zero-order valence-corrected chi connectivity index (χ0v) is 20.0. The first-order chi connectivity index (χ1) is 16.0. The number of methoxy groups -OCH3 is 1. The molecule has 1 unspecified atom stereocenters. The van der Waals surface area contributed by atoms with Crippen molar-refractivity contribution < 1.29 is 28.2 Å². The van der Waals surface area contributed by atoms with Gasteiger partial charge in [0.25, 0.3) is 0 Å². The molecule has 0 bridgehead atoms. The number of hydrogen-bond acceptors (Lipinski definition) is 8. The van der Waals surface area contributed by atoms with Crippen molar-refractivity contribution in [1.29, 1.82) is 0 Å². The van der Waals surface area contributed by atoms with Crippen LogP contribution in [0.25, 0.3) is 11.0 Å². The first-order valence-electron chi connectivity index (χ1n) is 10.6. The molecule has 0 saturated carbocycles. The van der Waals surface area contributed by atoms with E-state index in [0.29, 0.717) is 22.7 Å². The second-order valence-electron chi connectivity index (χ2n) is 8.63. The molecule has 0 fully saturated rings. The molecule has 0 saturated heterocycles. The molecule has 3 rings (SSSR count). The van der Waals surface area contributed by atoms with E-state index in [-0.39, 0.29) is 5.75 Å². The maximum Gasteiger partial charge on any atom is 0.408 e. The lowest BCUT2D eigenvalue weighted by Gasteiger charge is -2.23. The Bertz CT molecular complexity index is 1260. The predicted octanol–water partition coefficient (Wildman–Crippen LogP) is 4.39. The molecule has 0 spiro atoms. The summed E-state index contributed by atoms with van der Waals surface area (Å²) in [5.74, 6) is -0.218. The normalized spacial score (nSPS) is 12.1. The Balaban J connectivity index is 1.86. The largest absolute Gasteiger partial charge is 0.493 e. The molecule has 1 amide bonds. The van der Waals surface area contributed by atoms with Crippen molar-refractivity contribution in [2.75, 3.05) is 19.1 Å². The Morgan fingerprint density at radius 3 is 2.44 bits per heavy atom. The van der Waals surface area contributed by atoms with Gasteiger partial charge in [0.15, 0.2) is 11.5 Å². The van der Waals surface area contributed by atoms with Crippen LogP contribution in [0.1, 0.15) is 27.7 Å². The first-order valence-corrected chi connectivity index (χ1v) is 10.6. The van der Waals surface area contributed by atoms with Crippen LogP contribution in [0.5, 0.6) is 11.5 Å². The SMILES string of the molecule is COc1ccc(N(C)c2cc(=O)oc3ccccc23)cc1OC(=O)C(C)NC(=O)OC(C)(C)C. The Kier molecular flexibility index (Phi) is 7.14. The Morgan fingerprint density at radius 2 is 1.76 bits per heavy atom. The number of para-hydroxylation sites is 1. The standard InChI is InChI=1S/C25H28N2O7/c1-15(26-24(30)34-25(2,3)4)23(29)33-21-13-16(11-12-20(21)31-6)27(5)18-14-22(28)32-19-10-8-7-9-17(18)19/h7-15H,1-6H3,(H,26,30). The zero-order chi connectivity index (χ0) is 25.0.